The van der Waals surface area contributed by atoms with Crippen molar-refractivity contribution < 1.29 is 0 Å². The molecule has 3 aromatic carbocycles. The number of allylic oxidation sites excluding steroid dienone is 7. The highest BCUT2D eigenvalue weighted by Crippen LogP contribution is 2.52. The lowest BCUT2D eigenvalue weighted by Gasteiger charge is -2.23. The largest absolute Gasteiger partial charge is 0.106 e. The van der Waals surface area contributed by atoms with Gasteiger partial charge in [-0.25, -0.2) is 0 Å². The summed E-state index contributed by atoms with van der Waals surface area (Å²) in [5.74, 6) is 0.502. The van der Waals surface area contributed by atoms with Gasteiger partial charge in [-0.15, -0.1) is 13.2 Å². The summed E-state index contributed by atoms with van der Waals surface area (Å²) >= 11 is 0. The molecule has 0 saturated heterocycles. The molecule has 0 bridgehead atoms. The minimum atomic E-state index is -0.0508. The van der Waals surface area contributed by atoms with E-state index in [0.717, 1.165) is 12.0 Å². The third-order valence-corrected chi connectivity index (χ3v) is 6.28. The molecule has 0 heterocycles. The lowest BCUT2D eigenvalue weighted by Crippen LogP contribution is -2.16. The Bertz CT molecular complexity index is 1240. The molecule has 0 saturated carbocycles. The SMILES string of the molecule is C=C.C=C(/C=C\C(C)C)C1=C(/C=C\CC)C(C)(C)c2ccc3cc4ccccc4cc3c21.CC. The Labute approximate surface area is 208 Å². The van der Waals surface area contributed by atoms with Gasteiger partial charge in [-0.1, -0.05) is 116 Å². The van der Waals surface area contributed by atoms with E-state index < -0.39 is 0 Å². The molecule has 0 radical (unpaired) electrons. The lowest BCUT2D eigenvalue weighted by molar-refractivity contribution is 0.654. The van der Waals surface area contributed by atoms with E-state index in [1.54, 1.807) is 0 Å². The van der Waals surface area contributed by atoms with Gasteiger partial charge in [0.1, 0.15) is 0 Å². The summed E-state index contributed by atoms with van der Waals surface area (Å²) in [5.41, 5.74) is 6.49. The number of hydrogen-bond donors (Lipinski definition) is 0. The smallest absolute Gasteiger partial charge is 0.0159 e. The molecule has 0 fully saturated rings. The molecule has 0 N–H and O–H groups in total. The highest BCUT2D eigenvalue weighted by atomic mass is 14.4. The van der Waals surface area contributed by atoms with Gasteiger partial charge < -0.3 is 0 Å². The Hall–Kier alpha value is -3.12. The van der Waals surface area contributed by atoms with Crippen molar-refractivity contribution in [2.75, 3.05) is 0 Å². The van der Waals surface area contributed by atoms with Gasteiger partial charge in [0.2, 0.25) is 0 Å². The van der Waals surface area contributed by atoms with Crippen LogP contribution in [0.15, 0.2) is 104 Å². The first-order chi connectivity index (χ1) is 16.3. The molecule has 34 heavy (non-hydrogen) atoms. The average Bonchev–Trinajstić information content (AvgIpc) is 3.08. The minimum absolute atomic E-state index is 0.0508. The molecule has 0 aliphatic heterocycles. The highest BCUT2D eigenvalue weighted by molar-refractivity contribution is 6.08. The number of rotatable bonds is 5. The summed E-state index contributed by atoms with van der Waals surface area (Å²) in [4.78, 5) is 0. The van der Waals surface area contributed by atoms with E-state index in [0.29, 0.717) is 5.92 Å². The average molecular weight is 451 g/mol. The first-order valence-electron chi connectivity index (χ1n) is 12.6. The second kappa shape index (κ2) is 11.8. The summed E-state index contributed by atoms with van der Waals surface area (Å²) in [6.07, 6.45) is 10.1. The normalized spacial score (nSPS) is 14.4. The summed E-state index contributed by atoms with van der Waals surface area (Å²) in [6.45, 7) is 25.8. The molecule has 0 amide bonds. The Morgan fingerprint density at radius 2 is 1.56 bits per heavy atom. The van der Waals surface area contributed by atoms with Crippen LogP contribution in [0.2, 0.25) is 0 Å². The first-order valence-corrected chi connectivity index (χ1v) is 12.6. The van der Waals surface area contributed by atoms with Gasteiger partial charge in [-0.2, -0.15) is 0 Å². The maximum absolute atomic E-state index is 4.52. The third-order valence-electron chi connectivity index (χ3n) is 6.28. The predicted molar refractivity (Wildman–Crippen MR) is 157 cm³/mol. The van der Waals surface area contributed by atoms with Gasteiger partial charge in [-0.05, 0) is 73.9 Å². The van der Waals surface area contributed by atoms with Crippen LogP contribution in [0.25, 0.3) is 27.1 Å². The molecule has 178 valence electrons. The van der Waals surface area contributed by atoms with Gasteiger partial charge in [0.25, 0.3) is 0 Å². The zero-order valence-electron chi connectivity index (χ0n) is 22.3. The number of fused-ring (bicyclic) bond motifs is 4. The van der Waals surface area contributed by atoms with Crippen LogP contribution in [-0.2, 0) is 5.41 Å². The van der Waals surface area contributed by atoms with Crippen molar-refractivity contribution >= 4 is 27.1 Å². The second-order valence-electron chi connectivity index (χ2n) is 9.26. The lowest BCUT2D eigenvalue weighted by atomic mass is 9.80. The van der Waals surface area contributed by atoms with Crippen molar-refractivity contribution in [2.24, 2.45) is 5.92 Å². The molecule has 0 nitrogen and oxygen atoms in total. The molecule has 3 aromatic rings. The van der Waals surface area contributed by atoms with Crippen molar-refractivity contribution in [3.63, 3.8) is 0 Å². The van der Waals surface area contributed by atoms with Crippen LogP contribution in [0.3, 0.4) is 0 Å². The molecule has 0 heteroatoms. The van der Waals surface area contributed by atoms with E-state index in [4.69, 9.17) is 0 Å². The van der Waals surface area contributed by atoms with Gasteiger partial charge >= 0.3 is 0 Å². The van der Waals surface area contributed by atoms with E-state index in [2.05, 4.69) is 127 Å². The van der Waals surface area contributed by atoms with Crippen LogP contribution in [0.1, 0.15) is 66.0 Å². The van der Waals surface area contributed by atoms with E-state index in [-0.39, 0.29) is 5.41 Å². The zero-order chi connectivity index (χ0) is 25.5. The van der Waals surface area contributed by atoms with Crippen molar-refractivity contribution in [3.05, 3.63) is 115 Å². The molecule has 4 rings (SSSR count). The fourth-order valence-electron chi connectivity index (χ4n) is 4.65. The maximum Gasteiger partial charge on any atom is 0.0159 e. The van der Waals surface area contributed by atoms with E-state index in [1.807, 2.05) is 13.8 Å². The maximum atomic E-state index is 4.52. The summed E-state index contributed by atoms with van der Waals surface area (Å²) in [7, 11) is 0. The van der Waals surface area contributed by atoms with Crippen LogP contribution in [0.4, 0.5) is 0 Å². The van der Waals surface area contributed by atoms with Gasteiger partial charge in [-0.3, -0.25) is 0 Å². The Morgan fingerprint density at radius 3 is 2.15 bits per heavy atom. The fraction of sp³-hybridized carbons (Fsp3) is 0.294. The predicted octanol–water partition coefficient (Wildman–Crippen LogP) is 10.6. The van der Waals surface area contributed by atoms with E-state index >= 15 is 0 Å². The molecule has 0 aromatic heterocycles. The highest BCUT2D eigenvalue weighted by Gasteiger charge is 2.37. The summed E-state index contributed by atoms with van der Waals surface area (Å²) < 4.78 is 0. The Morgan fingerprint density at radius 1 is 0.941 bits per heavy atom. The van der Waals surface area contributed by atoms with Crippen LogP contribution >= 0.6 is 0 Å². The van der Waals surface area contributed by atoms with E-state index in [1.165, 1.54) is 43.8 Å². The molecule has 0 unspecified atom stereocenters. The molecular weight excluding hydrogens is 408 g/mol. The van der Waals surface area contributed by atoms with Gasteiger partial charge in [0.05, 0.1) is 0 Å². The van der Waals surface area contributed by atoms with Gasteiger partial charge in [0, 0.05) is 5.41 Å². The molecular formula is C34H42. The Kier molecular flexibility index (Phi) is 9.45. The summed E-state index contributed by atoms with van der Waals surface area (Å²) in [5, 5.41) is 5.20. The quantitative estimate of drug-likeness (QED) is 0.206. The molecule has 1 aliphatic carbocycles. The van der Waals surface area contributed by atoms with Crippen molar-refractivity contribution in [1.29, 1.82) is 0 Å². The van der Waals surface area contributed by atoms with Crippen LogP contribution in [-0.4, -0.2) is 0 Å². The fourth-order valence-corrected chi connectivity index (χ4v) is 4.65. The summed E-state index contributed by atoms with van der Waals surface area (Å²) in [6, 6.07) is 18.0. The minimum Gasteiger partial charge on any atom is -0.106 e. The van der Waals surface area contributed by atoms with Gasteiger partial charge in [0.15, 0.2) is 0 Å². The Balaban J connectivity index is 0.000000970. The first kappa shape index (κ1) is 27.1. The monoisotopic (exact) mass is 450 g/mol. The van der Waals surface area contributed by atoms with Crippen molar-refractivity contribution in [1.82, 2.24) is 0 Å². The van der Waals surface area contributed by atoms with Crippen LogP contribution < -0.4 is 0 Å². The number of hydrogen-bond acceptors (Lipinski definition) is 0. The topological polar surface area (TPSA) is 0 Å². The van der Waals surface area contributed by atoms with E-state index in [9.17, 15) is 0 Å². The van der Waals surface area contributed by atoms with Crippen LogP contribution in [0.5, 0.6) is 0 Å². The molecule has 1 aliphatic rings. The zero-order valence-corrected chi connectivity index (χ0v) is 22.3. The van der Waals surface area contributed by atoms with Crippen LogP contribution in [0, 0.1) is 5.92 Å². The van der Waals surface area contributed by atoms with Crippen molar-refractivity contribution in [3.8, 4) is 0 Å². The third kappa shape index (κ3) is 5.17. The second-order valence-corrected chi connectivity index (χ2v) is 9.26. The molecule has 0 atom stereocenters. The molecule has 0 spiro atoms. The standard InChI is InChI=1S/C30H32.C2H6.C2H4/c1-7-8-13-26-28(21(4)15-14-20(2)3)29-25-19-23-12-10-9-11-22(23)18-24(25)16-17-27(29)30(26,5)6;2*1-2/h8-20H,4,7H2,1-3,5-6H3;1-2H3;1-2H2/b13-8-,15-14-;;. The van der Waals surface area contributed by atoms with Crippen molar-refractivity contribution in [2.45, 2.75) is 60.3 Å². The number of benzene rings is 3.